The van der Waals surface area contributed by atoms with Crippen molar-refractivity contribution < 1.29 is 14.3 Å². The zero-order valence-electron chi connectivity index (χ0n) is 16.6. The molecule has 1 aromatic carbocycles. The van der Waals surface area contributed by atoms with Crippen molar-refractivity contribution in [3.63, 3.8) is 0 Å². The first-order valence-corrected chi connectivity index (χ1v) is 10.9. The first kappa shape index (κ1) is 18.6. The Bertz CT molecular complexity index is 986. The second-order valence-corrected chi connectivity index (χ2v) is 9.19. The third kappa shape index (κ3) is 3.02. The zero-order chi connectivity index (χ0) is 20.2. The number of hydrogen-bond donors (Lipinski definition) is 0. The topological polar surface area (TPSA) is 49.9 Å². The van der Waals surface area contributed by atoms with Gasteiger partial charge in [-0.05, 0) is 34.9 Å². The summed E-state index contributed by atoms with van der Waals surface area (Å²) in [5.41, 5.74) is 2.73. The molecule has 2 unspecified atom stereocenters. The maximum Gasteiger partial charge on any atom is 0.230 e. The molecule has 2 aromatic rings. The van der Waals surface area contributed by atoms with Gasteiger partial charge >= 0.3 is 0 Å². The Balaban J connectivity index is 1.37. The SMILES string of the molecule is Cc1cccc(CN2C[C@]34C=C[C@H](O3)C(C(=O)N(C)Cc3ccsc3)C4C2=O)c1. The highest BCUT2D eigenvalue weighted by atomic mass is 32.1. The minimum absolute atomic E-state index is 0.0109. The van der Waals surface area contributed by atoms with E-state index in [0.717, 1.165) is 11.1 Å². The summed E-state index contributed by atoms with van der Waals surface area (Å²) in [5, 5.41) is 4.06. The standard InChI is InChI=1S/C23H24N2O3S/c1-15-4-3-5-16(10-15)12-25-14-23-8-6-18(28-23)19(20(23)22(25)27)21(26)24(2)11-17-7-9-29-13-17/h3-10,13,18-20H,11-12,14H2,1-2H3/t18-,19?,20?,23-/m0/s1. The number of benzene rings is 1. The second kappa shape index (κ2) is 6.82. The Labute approximate surface area is 174 Å². The van der Waals surface area contributed by atoms with Crippen molar-refractivity contribution in [2.24, 2.45) is 11.8 Å². The summed E-state index contributed by atoms with van der Waals surface area (Å²) in [4.78, 5) is 30.2. The van der Waals surface area contributed by atoms with Crippen LogP contribution in [-0.4, -0.2) is 46.9 Å². The molecule has 1 spiro atoms. The third-order valence-corrected chi connectivity index (χ3v) is 7.03. The Hall–Kier alpha value is -2.44. The van der Waals surface area contributed by atoms with Crippen LogP contribution < -0.4 is 0 Å². The Kier molecular flexibility index (Phi) is 4.37. The molecule has 0 N–H and O–H groups in total. The summed E-state index contributed by atoms with van der Waals surface area (Å²) in [6, 6.07) is 10.2. The van der Waals surface area contributed by atoms with E-state index in [4.69, 9.17) is 4.74 Å². The van der Waals surface area contributed by atoms with E-state index >= 15 is 0 Å². The van der Waals surface area contributed by atoms with Crippen LogP contribution >= 0.6 is 11.3 Å². The Morgan fingerprint density at radius 1 is 1.34 bits per heavy atom. The largest absolute Gasteiger partial charge is 0.360 e. The highest BCUT2D eigenvalue weighted by Crippen LogP contribution is 2.52. The number of fused-ring (bicyclic) bond motifs is 1. The molecule has 29 heavy (non-hydrogen) atoms. The first-order chi connectivity index (χ1) is 14.0. The lowest BCUT2D eigenvalue weighted by Gasteiger charge is -2.27. The van der Waals surface area contributed by atoms with Crippen molar-refractivity contribution in [2.45, 2.75) is 31.7 Å². The van der Waals surface area contributed by atoms with Gasteiger partial charge in [0, 0.05) is 20.1 Å². The van der Waals surface area contributed by atoms with Gasteiger partial charge < -0.3 is 14.5 Å². The second-order valence-electron chi connectivity index (χ2n) is 8.41. The van der Waals surface area contributed by atoms with Gasteiger partial charge in [0.1, 0.15) is 5.60 Å². The maximum absolute atomic E-state index is 13.4. The monoisotopic (exact) mass is 408 g/mol. The maximum atomic E-state index is 13.4. The lowest BCUT2D eigenvalue weighted by Crippen LogP contribution is -2.44. The van der Waals surface area contributed by atoms with Gasteiger partial charge in [0.2, 0.25) is 11.8 Å². The number of rotatable bonds is 5. The van der Waals surface area contributed by atoms with Gasteiger partial charge in [-0.2, -0.15) is 11.3 Å². The lowest BCUT2D eigenvalue weighted by atomic mass is 9.76. The number of thiophene rings is 1. The van der Waals surface area contributed by atoms with Gasteiger partial charge in [0.15, 0.2) is 0 Å². The van der Waals surface area contributed by atoms with Gasteiger partial charge in [-0.25, -0.2) is 0 Å². The fourth-order valence-electron chi connectivity index (χ4n) is 5.01. The molecule has 2 bridgehead atoms. The molecule has 5 rings (SSSR count). The van der Waals surface area contributed by atoms with Crippen LogP contribution in [0.25, 0.3) is 0 Å². The summed E-state index contributed by atoms with van der Waals surface area (Å²) in [6.07, 6.45) is 3.68. The minimum Gasteiger partial charge on any atom is -0.360 e. The molecule has 1 aromatic heterocycles. The van der Waals surface area contributed by atoms with Crippen LogP contribution in [0, 0.1) is 18.8 Å². The summed E-state index contributed by atoms with van der Waals surface area (Å²) in [6.45, 7) is 3.66. The zero-order valence-corrected chi connectivity index (χ0v) is 17.4. The quantitative estimate of drug-likeness (QED) is 0.715. The molecule has 4 atom stereocenters. The number of carbonyl (C=O) groups is 2. The predicted molar refractivity (Wildman–Crippen MR) is 111 cm³/mol. The third-order valence-electron chi connectivity index (χ3n) is 6.30. The van der Waals surface area contributed by atoms with Crippen molar-refractivity contribution in [1.29, 1.82) is 0 Å². The number of amides is 2. The smallest absolute Gasteiger partial charge is 0.230 e. The van der Waals surface area contributed by atoms with Crippen molar-refractivity contribution >= 4 is 23.2 Å². The lowest BCUT2D eigenvalue weighted by molar-refractivity contribution is -0.142. The molecule has 4 heterocycles. The summed E-state index contributed by atoms with van der Waals surface area (Å²) < 4.78 is 6.25. The van der Waals surface area contributed by atoms with E-state index in [-0.39, 0.29) is 17.9 Å². The number of nitrogens with zero attached hydrogens (tertiary/aromatic N) is 2. The average Bonchev–Trinajstić information content (AvgIpc) is 3.45. The van der Waals surface area contributed by atoms with E-state index in [1.807, 2.05) is 66.0 Å². The van der Waals surface area contributed by atoms with E-state index in [1.165, 1.54) is 5.56 Å². The molecule has 3 aliphatic rings. The van der Waals surface area contributed by atoms with Gasteiger partial charge in [-0.3, -0.25) is 9.59 Å². The summed E-state index contributed by atoms with van der Waals surface area (Å²) in [5.74, 6) is -0.859. The molecule has 3 aliphatic heterocycles. The molecule has 0 saturated carbocycles. The number of ether oxygens (including phenoxy) is 1. The Morgan fingerprint density at radius 3 is 2.97 bits per heavy atom. The fraction of sp³-hybridized carbons (Fsp3) is 0.391. The van der Waals surface area contributed by atoms with Gasteiger partial charge in [0.05, 0.1) is 24.5 Å². The number of likely N-dealkylation sites (tertiary alicyclic amines) is 1. The average molecular weight is 409 g/mol. The van der Waals surface area contributed by atoms with Crippen molar-refractivity contribution in [2.75, 3.05) is 13.6 Å². The molecule has 0 radical (unpaired) electrons. The Morgan fingerprint density at radius 2 is 2.21 bits per heavy atom. The highest BCUT2D eigenvalue weighted by molar-refractivity contribution is 7.07. The van der Waals surface area contributed by atoms with E-state index in [2.05, 4.69) is 6.07 Å². The van der Waals surface area contributed by atoms with Gasteiger partial charge in [-0.15, -0.1) is 0 Å². The number of hydrogen-bond acceptors (Lipinski definition) is 4. The number of aryl methyl sites for hydroxylation is 1. The van der Waals surface area contributed by atoms with E-state index in [1.54, 1.807) is 16.2 Å². The van der Waals surface area contributed by atoms with Gasteiger partial charge in [0.25, 0.3) is 0 Å². The first-order valence-electron chi connectivity index (χ1n) is 9.94. The fourth-order valence-corrected chi connectivity index (χ4v) is 5.67. The van der Waals surface area contributed by atoms with Gasteiger partial charge in [-0.1, -0.05) is 42.0 Å². The van der Waals surface area contributed by atoms with E-state index < -0.39 is 17.4 Å². The molecular formula is C23H24N2O3S. The molecule has 2 amide bonds. The van der Waals surface area contributed by atoms with Crippen molar-refractivity contribution in [3.05, 3.63) is 69.9 Å². The molecular weight excluding hydrogens is 384 g/mol. The molecule has 0 aliphatic carbocycles. The van der Waals surface area contributed by atoms with Crippen LogP contribution in [0.4, 0.5) is 0 Å². The molecule has 2 saturated heterocycles. The molecule has 5 nitrogen and oxygen atoms in total. The van der Waals surface area contributed by atoms with Crippen molar-refractivity contribution in [1.82, 2.24) is 9.80 Å². The summed E-state index contributed by atoms with van der Waals surface area (Å²) in [7, 11) is 1.81. The predicted octanol–water partition coefficient (Wildman–Crippen LogP) is 3.00. The normalized spacial score (nSPS) is 29.5. The van der Waals surface area contributed by atoms with Crippen LogP contribution in [0.1, 0.15) is 16.7 Å². The minimum atomic E-state index is -0.658. The van der Waals surface area contributed by atoms with Crippen LogP contribution in [-0.2, 0) is 27.4 Å². The van der Waals surface area contributed by atoms with Crippen LogP contribution in [0.3, 0.4) is 0 Å². The van der Waals surface area contributed by atoms with E-state index in [0.29, 0.717) is 19.6 Å². The summed E-state index contributed by atoms with van der Waals surface area (Å²) >= 11 is 1.62. The highest BCUT2D eigenvalue weighted by Gasteiger charge is 2.67. The number of carbonyl (C=O) groups excluding carboxylic acids is 2. The van der Waals surface area contributed by atoms with Crippen molar-refractivity contribution in [3.8, 4) is 0 Å². The molecule has 150 valence electrons. The van der Waals surface area contributed by atoms with Crippen LogP contribution in [0.15, 0.2) is 53.2 Å². The van der Waals surface area contributed by atoms with Crippen LogP contribution in [0.2, 0.25) is 0 Å². The van der Waals surface area contributed by atoms with E-state index in [9.17, 15) is 9.59 Å². The van der Waals surface area contributed by atoms with Crippen LogP contribution in [0.5, 0.6) is 0 Å². The molecule has 2 fully saturated rings. The molecule has 6 heteroatoms.